The van der Waals surface area contributed by atoms with E-state index in [0.29, 0.717) is 17.9 Å². The van der Waals surface area contributed by atoms with Gasteiger partial charge in [-0.05, 0) is 29.7 Å². The summed E-state index contributed by atoms with van der Waals surface area (Å²) in [6, 6.07) is 3.57. The number of hydrogen-bond donors (Lipinski definition) is 2. The molecule has 16 heavy (non-hydrogen) atoms. The van der Waals surface area contributed by atoms with Gasteiger partial charge in [0.1, 0.15) is 0 Å². The molecule has 1 aliphatic carbocycles. The van der Waals surface area contributed by atoms with Gasteiger partial charge in [-0.15, -0.1) is 0 Å². The van der Waals surface area contributed by atoms with Crippen LogP contribution in [-0.2, 0) is 6.42 Å². The van der Waals surface area contributed by atoms with E-state index in [-0.39, 0.29) is 6.04 Å². The normalized spacial score (nSPS) is 17.0. The molecule has 1 aromatic carbocycles. The van der Waals surface area contributed by atoms with Crippen molar-refractivity contribution in [1.29, 1.82) is 0 Å². The molecule has 2 rings (SSSR count). The molecular formula is C11H13NO4. The van der Waals surface area contributed by atoms with Crippen LogP contribution in [0.2, 0.25) is 0 Å². The minimum Gasteiger partial charge on any atom is -0.493 e. The zero-order chi connectivity index (χ0) is 11.7. The van der Waals surface area contributed by atoms with Crippen molar-refractivity contribution in [3.63, 3.8) is 0 Å². The van der Waals surface area contributed by atoms with Crippen molar-refractivity contribution in [3.8, 4) is 11.5 Å². The van der Waals surface area contributed by atoms with Crippen LogP contribution in [0.15, 0.2) is 12.1 Å². The van der Waals surface area contributed by atoms with E-state index in [0.717, 1.165) is 11.1 Å². The van der Waals surface area contributed by atoms with Gasteiger partial charge in [-0.25, -0.2) is 4.79 Å². The fraction of sp³-hybridized carbons (Fsp3) is 0.364. The van der Waals surface area contributed by atoms with Crippen LogP contribution in [0.4, 0.5) is 4.79 Å². The van der Waals surface area contributed by atoms with Gasteiger partial charge in [0.25, 0.3) is 0 Å². The van der Waals surface area contributed by atoms with Crippen LogP contribution in [0.5, 0.6) is 11.5 Å². The summed E-state index contributed by atoms with van der Waals surface area (Å²) in [6.45, 7) is 0. The first kappa shape index (κ1) is 10.6. The summed E-state index contributed by atoms with van der Waals surface area (Å²) < 4.78 is 10.3. The van der Waals surface area contributed by atoms with Crippen molar-refractivity contribution in [2.75, 3.05) is 14.2 Å². The molecule has 0 radical (unpaired) electrons. The molecule has 0 fully saturated rings. The largest absolute Gasteiger partial charge is 0.493 e. The molecule has 5 heteroatoms. The lowest BCUT2D eigenvalue weighted by Crippen LogP contribution is -2.34. The number of fused-ring (bicyclic) bond motifs is 1. The summed E-state index contributed by atoms with van der Waals surface area (Å²) >= 11 is 0. The quantitative estimate of drug-likeness (QED) is 0.816. The van der Waals surface area contributed by atoms with Gasteiger partial charge in [0, 0.05) is 0 Å². The lowest BCUT2D eigenvalue weighted by Gasteiger charge is -2.30. The van der Waals surface area contributed by atoms with E-state index in [1.165, 1.54) is 0 Å². The van der Waals surface area contributed by atoms with E-state index in [9.17, 15) is 4.79 Å². The van der Waals surface area contributed by atoms with E-state index < -0.39 is 6.09 Å². The molecule has 1 atom stereocenters. The Kier molecular flexibility index (Phi) is 2.60. The third kappa shape index (κ3) is 1.64. The Morgan fingerprint density at radius 3 is 2.56 bits per heavy atom. The van der Waals surface area contributed by atoms with Gasteiger partial charge in [-0.2, -0.15) is 0 Å². The predicted molar refractivity (Wildman–Crippen MR) is 57.2 cm³/mol. The van der Waals surface area contributed by atoms with Gasteiger partial charge in [-0.3, -0.25) is 0 Å². The molecule has 1 aliphatic rings. The molecule has 0 aromatic heterocycles. The maximum absolute atomic E-state index is 10.5. The number of carbonyl (C=O) groups is 1. The van der Waals surface area contributed by atoms with Gasteiger partial charge in [0.15, 0.2) is 11.5 Å². The van der Waals surface area contributed by atoms with Crippen LogP contribution < -0.4 is 14.8 Å². The minimum absolute atomic E-state index is 0.132. The minimum atomic E-state index is -1.01. The summed E-state index contributed by atoms with van der Waals surface area (Å²) in [4.78, 5) is 10.5. The Bertz CT molecular complexity index is 430. The Balaban J connectivity index is 2.27. The average molecular weight is 223 g/mol. The molecule has 0 bridgehead atoms. The van der Waals surface area contributed by atoms with Crippen molar-refractivity contribution in [1.82, 2.24) is 5.32 Å². The average Bonchev–Trinajstić information content (AvgIpc) is 2.25. The Hall–Kier alpha value is -1.91. The highest BCUT2D eigenvalue weighted by Crippen LogP contribution is 2.40. The zero-order valence-electron chi connectivity index (χ0n) is 9.11. The lowest BCUT2D eigenvalue weighted by atomic mass is 9.83. The van der Waals surface area contributed by atoms with Crippen molar-refractivity contribution in [2.45, 2.75) is 12.5 Å². The van der Waals surface area contributed by atoms with Crippen LogP contribution in [-0.4, -0.2) is 25.4 Å². The van der Waals surface area contributed by atoms with Gasteiger partial charge in [0.2, 0.25) is 0 Å². The van der Waals surface area contributed by atoms with E-state index in [1.54, 1.807) is 14.2 Å². The number of carboxylic acid groups (broad SMARTS) is 1. The molecule has 86 valence electrons. The van der Waals surface area contributed by atoms with Gasteiger partial charge in [-0.1, -0.05) is 0 Å². The highest BCUT2D eigenvalue weighted by molar-refractivity contribution is 5.67. The van der Waals surface area contributed by atoms with Gasteiger partial charge < -0.3 is 19.9 Å². The summed E-state index contributed by atoms with van der Waals surface area (Å²) in [6.07, 6.45) is -0.312. The van der Waals surface area contributed by atoms with Crippen molar-refractivity contribution in [2.24, 2.45) is 0 Å². The molecule has 0 saturated heterocycles. The maximum atomic E-state index is 10.5. The predicted octanol–water partition coefficient (Wildman–Crippen LogP) is 1.57. The summed E-state index contributed by atoms with van der Waals surface area (Å²) in [5.74, 6) is 1.30. The standard InChI is InChI=1S/C11H13NO4/c1-15-9-4-6-3-8(12-11(13)14)7(6)5-10(9)16-2/h4-5,8,12H,3H2,1-2H3,(H,13,14). The number of hydrogen-bond acceptors (Lipinski definition) is 3. The van der Waals surface area contributed by atoms with Crippen LogP contribution in [0, 0.1) is 0 Å². The number of ether oxygens (including phenoxy) is 2. The highest BCUT2D eigenvalue weighted by atomic mass is 16.5. The van der Waals surface area contributed by atoms with E-state index in [2.05, 4.69) is 5.32 Å². The third-order valence-electron chi connectivity index (χ3n) is 2.74. The van der Waals surface area contributed by atoms with Crippen LogP contribution in [0.1, 0.15) is 17.2 Å². The molecular weight excluding hydrogens is 210 g/mol. The molecule has 1 unspecified atom stereocenters. The molecule has 1 amide bonds. The van der Waals surface area contributed by atoms with Crippen LogP contribution in [0.25, 0.3) is 0 Å². The summed E-state index contributed by atoms with van der Waals surface area (Å²) in [7, 11) is 3.14. The van der Waals surface area contributed by atoms with E-state index in [1.807, 2.05) is 12.1 Å². The van der Waals surface area contributed by atoms with Crippen LogP contribution >= 0.6 is 0 Å². The Labute approximate surface area is 93.0 Å². The summed E-state index contributed by atoms with van der Waals surface area (Å²) in [5, 5.41) is 11.1. The highest BCUT2D eigenvalue weighted by Gasteiger charge is 2.29. The number of benzene rings is 1. The number of methoxy groups -OCH3 is 2. The molecule has 0 spiro atoms. The van der Waals surface area contributed by atoms with Gasteiger partial charge >= 0.3 is 6.09 Å². The second kappa shape index (κ2) is 3.92. The fourth-order valence-corrected chi connectivity index (χ4v) is 1.91. The monoisotopic (exact) mass is 223 g/mol. The van der Waals surface area contributed by atoms with E-state index in [4.69, 9.17) is 14.6 Å². The molecule has 5 nitrogen and oxygen atoms in total. The molecule has 0 saturated carbocycles. The molecule has 0 aliphatic heterocycles. The first-order valence-corrected chi connectivity index (χ1v) is 4.90. The van der Waals surface area contributed by atoms with E-state index >= 15 is 0 Å². The maximum Gasteiger partial charge on any atom is 0.405 e. The lowest BCUT2D eigenvalue weighted by molar-refractivity contribution is 0.188. The summed E-state index contributed by atoms with van der Waals surface area (Å²) in [5.41, 5.74) is 2.05. The smallest absolute Gasteiger partial charge is 0.405 e. The van der Waals surface area contributed by atoms with Crippen molar-refractivity contribution in [3.05, 3.63) is 23.3 Å². The first-order valence-electron chi connectivity index (χ1n) is 4.90. The molecule has 1 aromatic rings. The van der Waals surface area contributed by atoms with Crippen molar-refractivity contribution < 1.29 is 19.4 Å². The molecule has 0 heterocycles. The topological polar surface area (TPSA) is 67.8 Å². The number of amides is 1. The van der Waals surface area contributed by atoms with Crippen LogP contribution in [0.3, 0.4) is 0 Å². The zero-order valence-corrected chi connectivity index (χ0v) is 9.11. The Morgan fingerprint density at radius 1 is 1.38 bits per heavy atom. The SMILES string of the molecule is COc1cc2c(cc1OC)C(NC(=O)O)C2. The Morgan fingerprint density at radius 2 is 2.00 bits per heavy atom. The number of nitrogens with one attached hydrogen (secondary N) is 1. The second-order valence-electron chi connectivity index (χ2n) is 3.61. The van der Waals surface area contributed by atoms with Crippen molar-refractivity contribution >= 4 is 6.09 Å². The molecule has 2 N–H and O–H groups in total. The fourth-order valence-electron chi connectivity index (χ4n) is 1.91. The second-order valence-corrected chi connectivity index (χ2v) is 3.61. The number of rotatable bonds is 3. The first-order chi connectivity index (χ1) is 7.65. The van der Waals surface area contributed by atoms with Gasteiger partial charge in [0.05, 0.1) is 20.3 Å². The third-order valence-corrected chi connectivity index (χ3v) is 2.74.